The number of halogens is 2. The van der Waals surface area contributed by atoms with Crippen molar-refractivity contribution in [3.63, 3.8) is 0 Å². The lowest BCUT2D eigenvalue weighted by molar-refractivity contribution is 0.0642. The molecule has 162 valence electrons. The van der Waals surface area contributed by atoms with Crippen LogP contribution in [-0.4, -0.2) is 46.1 Å². The second-order valence-corrected chi connectivity index (χ2v) is 7.72. The molecule has 4 rings (SSSR count). The van der Waals surface area contributed by atoms with E-state index in [9.17, 15) is 13.6 Å². The highest BCUT2D eigenvalue weighted by Crippen LogP contribution is 2.33. The number of carbonyl (C=O) groups excluding carboxylic acids is 1. The average Bonchev–Trinajstić information content (AvgIpc) is 3.10. The number of alkyl halides is 2. The molecule has 0 radical (unpaired) electrons. The number of ether oxygens (including phenoxy) is 1. The Morgan fingerprint density at radius 2 is 2.00 bits per heavy atom. The van der Waals surface area contributed by atoms with Crippen LogP contribution in [0.2, 0.25) is 0 Å². The van der Waals surface area contributed by atoms with Crippen molar-refractivity contribution in [2.24, 2.45) is 0 Å². The van der Waals surface area contributed by atoms with Gasteiger partial charge in [0, 0.05) is 29.9 Å². The summed E-state index contributed by atoms with van der Waals surface area (Å²) in [4.78, 5) is 19.4. The maximum atomic E-state index is 13.2. The molecule has 1 unspecified atom stereocenters. The fourth-order valence-corrected chi connectivity index (χ4v) is 4.24. The summed E-state index contributed by atoms with van der Waals surface area (Å²) in [6.45, 7) is 0.459. The van der Waals surface area contributed by atoms with Crippen LogP contribution in [0.4, 0.5) is 14.6 Å². The van der Waals surface area contributed by atoms with Gasteiger partial charge < -0.3 is 15.0 Å². The standard InChI is InChI=1S/C22H23F2N5O2/c23-19(24)21(26)31-20(25)13-8-9-14-12-29(22(30)15(14)11-13)17-6-2-1-5-16(17)28-18-7-3-4-10-27-18/h3-4,7-11,16-17,19,25-26H,1-2,5-6,12H2,(H,27,28)/t16-,17?/m1/s1. The van der Waals surface area contributed by atoms with E-state index in [2.05, 4.69) is 15.0 Å². The van der Waals surface area contributed by atoms with Gasteiger partial charge >= 0.3 is 6.43 Å². The SMILES string of the molecule is N=C(OC(=N)C(F)F)c1ccc2c(c1)C(=O)N(C1CCCC[C@H]1Nc1ccccn1)C2. The molecule has 3 N–H and O–H groups in total. The van der Waals surface area contributed by atoms with E-state index in [1.54, 1.807) is 18.3 Å². The van der Waals surface area contributed by atoms with Gasteiger partial charge in [-0.3, -0.25) is 15.6 Å². The molecule has 1 saturated carbocycles. The van der Waals surface area contributed by atoms with Gasteiger partial charge in [-0.2, -0.15) is 8.78 Å². The van der Waals surface area contributed by atoms with Gasteiger partial charge in [-0.25, -0.2) is 4.98 Å². The number of carbonyl (C=O) groups is 1. The highest BCUT2D eigenvalue weighted by molar-refractivity contribution is 6.04. The van der Waals surface area contributed by atoms with E-state index in [1.807, 2.05) is 23.1 Å². The highest BCUT2D eigenvalue weighted by atomic mass is 19.3. The van der Waals surface area contributed by atoms with Gasteiger partial charge in [0.05, 0.1) is 6.04 Å². The van der Waals surface area contributed by atoms with Gasteiger partial charge in [0.25, 0.3) is 11.8 Å². The van der Waals surface area contributed by atoms with Gasteiger partial charge in [-0.05, 0) is 42.7 Å². The second-order valence-electron chi connectivity index (χ2n) is 7.72. The Hall–Kier alpha value is -3.36. The van der Waals surface area contributed by atoms with E-state index in [-0.39, 0.29) is 23.6 Å². The molecule has 0 spiro atoms. The van der Waals surface area contributed by atoms with Crippen molar-refractivity contribution in [3.8, 4) is 0 Å². The Labute approximate surface area is 178 Å². The smallest absolute Gasteiger partial charge is 0.312 e. The lowest BCUT2D eigenvalue weighted by Gasteiger charge is -2.38. The first-order valence-corrected chi connectivity index (χ1v) is 10.2. The summed E-state index contributed by atoms with van der Waals surface area (Å²) in [7, 11) is 0. The van der Waals surface area contributed by atoms with E-state index in [4.69, 9.17) is 10.8 Å². The number of benzene rings is 1. The Kier molecular flexibility index (Phi) is 5.92. The van der Waals surface area contributed by atoms with Crippen molar-refractivity contribution in [1.29, 1.82) is 10.8 Å². The normalized spacial score (nSPS) is 20.5. The molecule has 2 atom stereocenters. The molecular formula is C22H23F2N5O2. The molecule has 9 heteroatoms. The predicted molar refractivity (Wildman–Crippen MR) is 112 cm³/mol. The Balaban J connectivity index is 1.51. The third kappa shape index (κ3) is 4.40. The molecule has 1 aliphatic carbocycles. The van der Waals surface area contributed by atoms with Crippen LogP contribution in [0.25, 0.3) is 0 Å². The number of fused-ring (bicyclic) bond motifs is 1. The number of amides is 1. The summed E-state index contributed by atoms with van der Waals surface area (Å²) < 4.78 is 29.6. The molecule has 0 bridgehead atoms. The summed E-state index contributed by atoms with van der Waals surface area (Å²) in [5, 5.41) is 18.4. The van der Waals surface area contributed by atoms with E-state index < -0.39 is 18.2 Å². The summed E-state index contributed by atoms with van der Waals surface area (Å²) >= 11 is 0. The topological polar surface area (TPSA) is 102 Å². The number of hydrogen-bond acceptors (Lipinski definition) is 6. The Morgan fingerprint density at radius 1 is 1.19 bits per heavy atom. The molecular weight excluding hydrogens is 404 g/mol. The van der Waals surface area contributed by atoms with Crippen molar-refractivity contribution in [2.75, 3.05) is 5.32 Å². The molecule has 1 aromatic heterocycles. The zero-order valence-electron chi connectivity index (χ0n) is 16.8. The van der Waals surface area contributed by atoms with Gasteiger partial charge in [-0.15, -0.1) is 0 Å². The van der Waals surface area contributed by atoms with Crippen LogP contribution in [0.5, 0.6) is 0 Å². The summed E-state index contributed by atoms with van der Waals surface area (Å²) in [6.07, 6.45) is 2.54. The first-order valence-electron chi connectivity index (χ1n) is 10.2. The maximum absolute atomic E-state index is 13.2. The summed E-state index contributed by atoms with van der Waals surface area (Å²) in [6, 6.07) is 10.5. The minimum atomic E-state index is -3.10. The molecule has 2 heterocycles. The number of nitrogens with one attached hydrogen (secondary N) is 3. The molecule has 0 saturated heterocycles. The van der Waals surface area contributed by atoms with Crippen LogP contribution in [0, 0.1) is 10.8 Å². The molecule has 1 aromatic carbocycles. The molecule has 7 nitrogen and oxygen atoms in total. The van der Waals surface area contributed by atoms with E-state index in [0.717, 1.165) is 37.1 Å². The lowest BCUT2D eigenvalue weighted by Crippen LogP contribution is -2.49. The largest absolute Gasteiger partial charge is 0.419 e. The molecule has 2 aliphatic rings. The van der Waals surface area contributed by atoms with Crippen LogP contribution in [-0.2, 0) is 11.3 Å². The number of hydrogen-bond donors (Lipinski definition) is 3. The van der Waals surface area contributed by atoms with Crippen LogP contribution in [0.1, 0.15) is 47.2 Å². The van der Waals surface area contributed by atoms with E-state index in [1.165, 1.54) is 6.07 Å². The van der Waals surface area contributed by atoms with Crippen molar-refractivity contribution in [3.05, 3.63) is 59.3 Å². The minimum absolute atomic E-state index is 0.00168. The van der Waals surface area contributed by atoms with Crippen LogP contribution >= 0.6 is 0 Å². The predicted octanol–water partition coefficient (Wildman–Crippen LogP) is 4.05. The molecule has 1 amide bonds. The number of aromatic nitrogens is 1. The summed E-state index contributed by atoms with van der Waals surface area (Å²) in [5.41, 5.74) is 1.45. The molecule has 1 aliphatic heterocycles. The average molecular weight is 427 g/mol. The maximum Gasteiger partial charge on any atom is 0.312 e. The van der Waals surface area contributed by atoms with Gasteiger partial charge in [-0.1, -0.05) is 25.0 Å². The third-order valence-electron chi connectivity index (χ3n) is 5.74. The zero-order chi connectivity index (χ0) is 22.0. The van der Waals surface area contributed by atoms with Crippen LogP contribution in [0.3, 0.4) is 0 Å². The second kappa shape index (κ2) is 8.79. The molecule has 2 aromatic rings. The number of nitrogens with zero attached hydrogens (tertiary/aromatic N) is 2. The van der Waals surface area contributed by atoms with Gasteiger partial charge in [0.2, 0.25) is 5.90 Å². The van der Waals surface area contributed by atoms with Crippen LogP contribution in [0.15, 0.2) is 42.6 Å². The third-order valence-corrected chi connectivity index (χ3v) is 5.74. The summed E-state index contributed by atoms with van der Waals surface area (Å²) in [5.74, 6) is -1.23. The van der Waals surface area contributed by atoms with Crippen molar-refractivity contribution in [2.45, 2.75) is 50.7 Å². The molecule has 31 heavy (non-hydrogen) atoms. The van der Waals surface area contributed by atoms with Gasteiger partial charge in [0.15, 0.2) is 0 Å². The quantitative estimate of drug-likeness (QED) is 0.495. The van der Waals surface area contributed by atoms with Crippen molar-refractivity contribution in [1.82, 2.24) is 9.88 Å². The first-order chi connectivity index (χ1) is 14.9. The fraction of sp³-hybridized carbons (Fsp3) is 0.364. The Morgan fingerprint density at radius 3 is 2.74 bits per heavy atom. The highest BCUT2D eigenvalue weighted by Gasteiger charge is 2.38. The van der Waals surface area contributed by atoms with Crippen molar-refractivity contribution < 1.29 is 18.3 Å². The zero-order valence-corrected chi connectivity index (χ0v) is 16.8. The van der Waals surface area contributed by atoms with Crippen molar-refractivity contribution >= 4 is 23.5 Å². The van der Waals surface area contributed by atoms with Gasteiger partial charge in [0.1, 0.15) is 5.82 Å². The van der Waals surface area contributed by atoms with E-state index in [0.29, 0.717) is 12.1 Å². The lowest BCUT2D eigenvalue weighted by atomic mass is 9.89. The first kappa shape index (κ1) is 20.9. The Bertz CT molecular complexity index is 999. The monoisotopic (exact) mass is 427 g/mol. The van der Waals surface area contributed by atoms with Crippen LogP contribution < -0.4 is 5.32 Å². The fourth-order valence-electron chi connectivity index (χ4n) is 4.24. The molecule has 1 fully saturated rings. The number of anilines is 1. The number of pyridine rings is 1. The van der Waals surface area contributed by atoms with E-state index >= 15 is 0 Å². The minimum Gasteiger partial charge on any atom is -0.419 e. The number of rotatable bonds is 5.